The Morgan fingerprint density at radius 3 is 2.64 bits per heavy atom. The molecule has 0 fully saturated rings. The fraction of sp³-hybridized carbons (Fsp3) is 0.750. The first kappa shape index (κ1) is 11.8. The average molecular weight is 286 g/mol. The van der Waals surface area contributed by atoms with E-state index in [2.05, 4.69) is 13.5 Å². The summed E-state index contributed by atoms with van der Waals surface area (Å²) in [5, 5.41) is 0.305. The van der Waals surface area contributed by atoms with Gasteiger partial charge in [0.2, 0.25) is 21.2 Å². The third kappa shape index (κ3) is 5.99. The lowest BCUT2D eigenvalue weighted by molar-refractivity contribution is 0.593. The summed E-state index contributed by atoms with van der Waals surface area (Å²) in [6.07, 6.45) is 3.06. The van der Waals surface area contributed by atoms with Crippen molar-refractivity contribution in [2.24, 2.45) is 0 Å². The van der Waals surface area contributed by atoms with Gasteiger partial charge in [-0.15, -0.1) is 0 Å². The summed E-state index contributed by atoms with van der Waals surface area (Å²) in [6.45, 7) is 8.03. The van der Waals surface area contributed by atoms with Crippen molar-refractivity contribution in [2.45, 2.75) is 38.4 Å². The lowest BCUT2D eigenvalue weighted by Crippen LogP contribution is -2.10. The maximum atomic E-state index is 10.9. The lowest BCUT2D eigenvalue weighted by atomic mass is 10.1. The fourth-order valence-electron chi connectivity index (χ4n) is 0.677. The SMILES string of the molecule is C=C(CC)CCC(C)[S+]([O-])I. The lowest BCUT2D eigenvalue weighted by Gasteiger charge is -2.11. The standard InChI is InChI=1S/C8H15IOS/c1-4-7(2)5-6-8(3)11(9)10/h8H,2,4-6H2,1,3H3. The van der Waals surface area contributed by atoms with Crippen LogP contribution in [0.15, 0.2) is 12.2 Å². The first-order chi connectivity index (χ1) is 5.07. The van der Waals surface area contributed by atoms with E-state index in [9.17, 15) is 4.55 Å². The molecular weight excluding hydrogens is 271 g/mol. The summed E-state index contributed by atoms with van der Waals surface area (Å²) >= 11 is 1.97. The van der Waals surface area contributed by atoms with Crippen molar-refractivity contribution in [1.82, 2.24) is 0 Å². The zero-order chi connectivity index (χ0) is 8.85. The Hall–Kier alpha value is 0.780. The van der Waals surface area contributed by atoms with Crippen LogP contribution in [0.5, 0.6) is 0 Å². The van der Waals surface area contributed by atoms with E-state index in [1.807, 2.05) is 28.1 Å². The van der Waals surface area contributed by atoms with Gasteiger partial charge in [-0.05, 0) is 26.2 Å². The first-order valence-corrected chi connectivity index (χ1v) is 7.57. The molecule has 0 N–H and O–H groups in total. The molecule has 0 radical (unpaired) electrons. The molecule has 0 aromatic carbocycles. The summed E-state index contributed by atoms with van der Waals surface area (Å²) in [6, 6.07) is 0. The minimum Gasteiger partial charge on any atom is -0.608 e. The Balaban J connectivity index is 3.45. The van der Waals surface area contributed by atoms with Gasteiger partial charge in [-0.2, -0.15) is 0 Å². The smallest absolute Gasteiger partial charge is 0.248 e. The third-order valence-electron chi connectivity index (χ3n) is 1.72. The quantitative estimate of drug-likeness (QED) is 0.432. The van der Waals surface area contributed by atoms with Crippen LogP contribution in [0.1, 0.15) is 33.1 Å². The van der Waals surface area contributed by atoms with E-state index in [-0.39, 0.29) is 0 Å². The van der Waals surface area contributed by atoms with E-state index in [0.717, 1.165) is 19.3 Å². The van der Waals surface area contributed by atoms with Gasteiger partial charge < -0.3 is 4.55 Å². The molecular formula is C8H15IOS. The highest BCUT2D eigenvalue weighted by Crippen LogP contribution is 2.18. The molecule has 0 rings (SSSR count). The van der Waals surface area contributed by atoms with Crippen molar-refractivity contribution in [3.63, 3.8) is 0 Å². The molecule has 0 saturated carbocycles. The number of halogens is 1. The molecule has 2 unspecified atom stereocenters. The maximum Gasteiger partial charge on any atom is 0.248 e. The van der Waals surface area contributed by atoms with Gasteiger partial charge in [0, 0.05) is 8.35 Å². The van der Waals surface area contributed by atoms with Gasteiger partial charge in [-0.1, -0.05) is 19.1 Å². The van der Waals surface area contributed by atoms with Crippen LogP contribution >= 0.6 is 21.2 Å². The van der Waals surface area contributed by atoms with Crippen LogP contribution in [0.3, 0.4) is 0 Å². The predicted molar refractivity (Wildman–Crippen MR) is 60.3 cm³/mol. The molecule has 1 nitrogen and oxygen atoms in total. The second-order valence-electron chi connectivity index (χ2n) is 2.70. The zero-order valence-corrected chi connectivity index (χ0v) is 10.1. The van der Waals surface area contributed by atoms with Crippen LogP contribution in [0.25, 0.3) is 0 Å². The fourth-order valence-corrected chi connectivity index (χ4v) is 1.74. The molecule has 0 aliphatic heterocycles. The molecule has 66 valence electrons. The molecule has 0 aromatic rings. The summed E-state index contributed by atoms with van der Waals surface area (Å²) in [5.74, 6) is 0. The highest BCUT2D eigenvalue weighted by molar-refractivity contribution is 14.2. The van der Waals surface area contributed by atoms with E-state index < -0.39 is 8.35 Å². The van der Waals surface area contributed by atoms with Gasteiger partial charge in [0.05, 0.1) is 0 Å². The van der Waals surface area contributed by atoms with Crippen LogP contribution in [-0.4, -0.2) is 9.80 Å². The molecule has 0 aliphatic rings. The molecule has 0 spiro atoms. The Bertz CT molecular complexity index is 125. The average Bonchev–Trinajstić information content (AvgIpc) is 1.99. The molecule has 2 atom stereocenters. The minimum absolute atomic E-state index is 0.305. The number of allylic oxidation sites excluding steroid dienone is 1. The Morgan fingerprint density at radius 2 is 2.27 bits per heavy atom. The summed E-state index contributed by atoms with van der Waals surface area (Å²) < 4.78 is 10.9. The zero-order valence-electron chi connectivity index (χ0n) is 7.10. The second kappa shape index (κ2) is 6.31. The molecule has 0 saturated heterocycles. The van der Waals surface area contributed by atoms with E-state index in [4.69, 9.17) is 0 Å². The predicted octanol–water partition coefficient (Wildman–Crippen LogP) is 3.22. The Labute approximate surface area is 84.4 Å². The Morgan fingerprint density at radius 1 is 1.73 bits per heavy atom. The largest absolute Gasteiger partial charge is 0.608 e. The molecule has 0 bridgehead atoms. The van der Waals surface area contributed by atoms with Crippen molar-refractivity contribution in [3.8, 4) is 0 Å². The molecule has 0 aromatic heterocycles. The van der Waals surface area contributed by atoms with Gasteiger partial charge in [0.25, 0.3) is 0 Å². The molecule has 11 heavy (non-hydrogen) atoms. The summed E-state index contributed by atoms with van der Waals surface area (Å²) in [4.78, 5) is 0. The van der Waals surface area contributed by atoms with E-state index in [1.54, 1.807) is 0 Å². The molecule has 0 amide bonds. The monoisotopic (exact) mass is 286 g/mol. The minimum atomic E-state index is -0.700. The summed E-state index contributed by atoms with van der Waals surface area (Å²) in [7, 11) is -0.700. The molecule has 3 heteroatoms. The van der Waals surface area contributed by atoms with Crippen LogP contribution < -0.4 is 0 Å². The van der Waals surface area contributed by atoms with Crippen LogP contribution in [-0.2, 0) is 8.35 Å². The second-order valence-corrected chi connectivity index (χ2v) is 6.61. The third-order valence-corrected chi connectivity index (χ3v) is 5.19. The number of hydrogen-bond acceptors (Lipinski definition) is 1. The van der Waals surface area contributed by atoms with Crippen molar-refractivity contribution in [1.29, 1.82) is 0 Å². The normalized spacial score (nSPS) is 16.0. The van der Waals surface area contributed by atoms with Crippen molar-refractivity contribution in [3.05, 3.63) is 12.2 Å². The van der Waals surface area contributed by atoms with E-state index in [0.29, 0.717) is 5.25 Å². The molecule has 0 aliphatic carbocycles. The van der Waals surface area contributed by atoms with Crippen LogP contribution in [0.4, 0.5) is 0 Å². The summed E-state index contributed by atoms with van der Waals surface area (Å²) in [5.41, 5.74) is 1.26. The van der Waals surface area contributed by atoms with Crippen molar-refractivity contribution >= 4 is 29.6 Å². The number of hydrogen-bond donors (Lipinski definition) is 0. The Kier molecular flexibility index (Phi) is 6.76. The number of rotatable bonds is 5. The van der Waals surface area contributed by atoms with Crippen molar-refractivity contribution < 1.29 is 4.55 Å². The van der Waals surface area contributed by atoms with Crippen LogP contribution in [0, 0.1) is 0 Å². The first-order valence-electron chi connectivity index (χ1n) is 3.81. The van der Waals surface area contributed by atoms with Crippen LogP contribution in [0.2, 0.25) is 0 Å². The topological polar surface area (TPSA) is 23.1 Å². The highest BCUT2D eigenvalue weighted by Gasteiger charge is 2.13. The van der Waals surface area contributed by atoms with Gasteiger partial charge in [-0.25, -0.2) is 0 Å². The highest BCUT2D eigenvalue weighted by atomic mass is 127. The van der Waals surface area contributed by atoms with E-state index in [1.165, 1.54) is 5.57 Å². The van der Waals surface area contributed by atoms with Gasteiger partial charge in [-0.3, -0.25) is 0 Å². The maximum absolute atomic E-state index is 10.9. The van der Waals surface area contributed by atoms with Crippen molar-refractivity contribution in [2.75, 3.05) is 0 Å². The van der Waals surface area contributed by atoms with E-state index >= 15 is 0 Å². The van der Waals surface area contributed by atoms with Gasteiger partial charge in [0.15, 0.2) is 0 Å². The van der Waals surface area contributed by atoms with Gasteiger partial charge >= 0.3 is 0 Å². The van der Waals surface area contributed by atoms with Gasteiger partial charge in [0.1, 0.15) is 5.25 Å². The molecule has 0 heterocycles.